The molecule has 6 heteroatoms. The molecule has 1 saturated heterocycles. The second-order valence-electron chi connectivity index (χ2n) is 8.41. The van der Waals surface area contributed by atoms with Crippen molar-refractivity contribution in [1.82, 2.24) is 9.80 Å². The Labute approximate surface area is 202 Å². The van der Waals surface area contributed by atoms with Gasteiger partial charge in [-0.3, -0.25) is 9.59 Å². The van der Waals surface area contributed by atoms with Crippen molar-refractivity contribution < 1.29 is 19.4 Å². The summed E-state index contributed by atoms with van der Waals surface area (Å²) in [6.07, 6.45) is 2.38. The molecule has 2 aromatic carbocycles. The molecule has 6 nitrogen and oxygen atoms in total. The number of amides is 1. The number of ether oxygens (including phenoxy) is 1. The molecule has 2 aromatic rings. The van der Waals surface area contributed by atoms with Gasteiger partial charge in [-0.15, -0.1) is 0 Å². The summed E-state index contributed by atoms with van der Waals surface area (Å²) < 4.78 is 5.69. The van der Waals surface area contributed by atoms with Crippen molar-refractivity contribution in [1.29, 1.82) is 0 Å². The first kappa shape index (κ1) is 25.2. The third kappa shape index (κ3) is 5.57. The summed E-state index contributed by atoms with van der Waals surface area (Å²) in [7, 11) is 0. The van der Waals surface area contributed by atoms with E-state index in [1.54, 1.807) is 23.1 Å². The number of aliphatic hydroxyl groups excluding tert-OH is 1. The van der Waals surface area contributed by atoms with Gasteiger partial charge < -0.3 is 19.6 Å². The number of rotatable bonds is 11. The lowest BCUT2D eigenvalue weighted by Crippen LogP contribution is -2.33. The van der Waals surface area contributed by atoms with Crippen molar-refractivity contribution in [3.8, 4) is 5.75 Å². The van der Waals surface area contributed by atoms with Crippen molar-refractivity contribution in [3.05, 3.63) is 83.4 Å². The number of carbonyl (C=O) groups excluding carboxylic acids is 2. The lowest BCUT2D eigenvalue weighted by molar-refractivity contribution is -0.140. The lowest BCUT2D eigenvalue weighted by atomic mass is 9.95. The van der Waals surface area contributed by atoms with Gasteiger partial charge in [0.05, 0.1) is 11.6 Å². The monoisotopic (exact) mass is 462 g/mol. The fourth-order valence-electron chi connectivity index (χ4n) is 4.26. The molecule has 1 atom stereocenters. The maximum absolute atomic E-state index is 13.2. The first-order valence-corrected chi connectivity index (χ1v) is 11.8. The van der Waals surface area contributed by atoms with Gasteiger partial charge in [0.1, 0.15) is 18.1 Å². The Morgan fingerprint density at radius 3 is 2.50 bits per heavy atom. The average molecular weight is 463 g/mol. The fourth-order valence-corrected chi connectivity index (χ4v) is 4.26. The maximum Gasteiger partial charge on any atom is 0.295 e. The SMILES string of the molecule is C=CCOc1cccc([C@@H]2C(=C(O)c3ccc(C)cc3)C(=O)C(=O)N2CCCN(CC)CC)c1. The number of aliphatic hydroxyl groups is 1. The molecule has 0 radical (unpaired) electrons. The third-order valence-electron chi connectivity index (χ3n) is 6.17. The summed E-state index contributed by atoms with van der Waals surface area (Å²) >= 11 is 0. The van der Waals surface area contributed by atoms with E-state index in [1.807, 2.05) is 43.3 Å². The molecule has 1 heterocycles. The van der Waals surface area contributed by atoms with Gasteiger partial charge >= 0.3 is 0 Å². The van der Waals surface area contributed by atoms with E-state index in [1.165, 1.54) is 0 Å². The van der Waals surface area contributed by atoms with Crippen molar-refractivity contribution in [2.75, 3.05) is 32.8 Å². The standard InChI is InChI=1S/C28H34N2O4/c1-5-18-34-23-11-8-10-22(19-23)25-24(26(31)21-14-12-20(4)13-15-21)27(32)28(33)30(25)17-9-16-29(6-2)7-3/h5,8,10-15,19,25,31H,1,6-7,9,16-18H2,2-4H3/t25-/m1/s1. The largest absolute Gasteiger partial charge is 0.507 e. The van der Waals surface area contributed by atoms with Gasteiger partial charge in [-0.2, -0.15) is 0 Å². The van der Waals surface area contributed by atoms with Crippen molar-refractivity contribution in [2.24, 2.45) is 0 Å². The summed E-state index contributed by atoms with van der Waals surface area (Å²) in [6.45, 7) is 13.3. The number of ketones is 1. The molecule has 0 aromatic heterocycles. The molecule has 1 fully saturated rings. The minimum Gasteiger partial charge on any atom is -0.507 e. The van der Waals surface area contributed by atoms with Crippen molar-refractivity contribution >= 4 is 17.4 Å². The molecule has 34 heavy (non-hydrogen) atoms. The number of aryl methyl sites for hydroxylation is 1. The predicted molar refractivity (Wildman–Crippen MR) is 135 cm³/mol. The Bertz CT molecular complexity index is 1050. The summed E-state index contributed by atoms with van der Waals surface area (Å²) in [5.41, 5.74) is 2.38. The highest BCUT2D eigenvalue weighted by molar-refractivity contribution is 6.46. The number of Topliss-reactive ketones (excluding diaryl/α,β-unsaturated/α-hetero) is 1. The molecule has 3 rings (SSSR count). The van der Waals surface area contributed by atoms with Crippen LogP contribution in [0.15, 0.2) is 66.8 Å². The van der Waals surface area contributed by atoms with E-state index in [0.717, 1.165) is 37.2 Å². The highest BCUT2D eigenvalue weighted by atomic mass is 16.5. The minimum atomic E-state index is -0.690. The average Bonchev–Trinajstić information content (AvgIpc) is 3.10. The topological polar surface area (TPSA) is 70.1 Å². The van der Waals surface area contributed by atoms with Gasteiger partial charge in [-0.05, 0) is 50.7 Å². The summed E-state index contributed by atoms with van der Waals surface area (Å²) in [5.74, 6) is -0.799. The van der Waals surface area contributed by atoms with E-state index in [2.05, 4.69) is 25.3 Å². The van der Waals surface area contributed by atoms with Crippen LogP contribution in [0.25, 0.3) is 5.76 Å². The summed E-state index contributed by atoms with van der Waals surface area (Å²) in [4.78, 5) is 30.2. The zero-order valence-electron chi connectivity index (χ0n) is 20.3. The molecule has 180 valence electrons. The first-order valence-electron chi connectivity index (χ1n) is 11.8. The van der Waals surface area contributed by atoms with Crippen LogP contribution >= 0.6 is 0 Å². The first-order chi connectivity index (χ1) is 16.4. The van der Waals surface area contributed by atoms with E-state index in [4.69, 9.17) is 4.74 Å². The second-order valence-corrected chi connectivity index (χ2v) is 8.41. The Hall–Kier alpha value is -3.38. The molecule has 0 aliphatic carbocycles. The molecular formula is C28H34N2O4. The van der Waals surface area contributed by atoms with E-state index in [0.29, 0.717) is 24.5 Å². The van der Waals surface area contributed by atoms with Crippen LogP contribution in [0.5, 0.6) is 5.75 Å². The molecular weight excluding hydrogens is 428 g/mol. The number of likely N-dealkylation sites (tertiary alicyclic amines) is 1. The van der Waals surface area contributed by atoms with Crippen LogP contribution in [0.1, 0.15) is 43.0 Å². The normalized spacial score (nSPS) is 17.4. The number of nitrogens with zero attached hydrogens (tertiary/aromatic N) is 2. The Balaban J connectivity index is 2.04. The molecule has 0 bridgehead atoms. The molecule has 0 saturated carbocycles. The van der Waals surface area contributed by atoms with Crippen molar-refractivity contribution in [2.45, 2.75) is 33.2 Å². The second kappa shape index (κ2) is 11.7. The molecule has 1 amide bonds. The van der Waals surface area contributed by atoms with Crippen molar-refractivity contribution in [3.63, 3.8) is 0 Å². The molecule has 0 spiro atoms. The number of carbonyl (C=O) groups is 2. The highest BCUT2D eigenvalue weighted by Gasteiger charge is 2.45. The van der Waals surface area contributed by atoms with Crippen LogP contribution in [0.4, 0.5) is 0 Å². The Morgan fingerprint density at radius 1 is 1.15 bits per heavy atom. The van der Waals surface area contributed by atoms with Crippen LogP contribution in [-0.2, 0) is 9.59 Å². The van der Waals surface area contributed by atoms with E-state index < -0.39 is 17.7 Å². The zero-order valence-corrected chi connectivity index (χ0v) is 20.3. The smallest absolute Gasteiger partial charge is 0.295 e. The molecule has 1 aliphatic heterocycles. The van der Waals surface area contributed by atoms with E-state index in [9.17, 15) is 14.7 Å². The van der Waals surface area contributed by atoms with Crippen LogP contribution in [0.3, 0.4) is 0 Å². The van der Waals surface area contributed by atoms with Crippen LogP contribution in [0.2, 0.25) is 0 Å². The van der Waals surface area contributed by atoms with Gasteiger partial charge in [0, 0.05) is 12.1 Å². The third-order valence-corrected chi connectivity index (χ3v) is 6.17. The van der Waals surface area contributed by atoms with Crippen LogP contribution < -0.4 is 4.74 Å². The Kier molecular flexibility index (Phi) is 8.66. The number of hydrogen-bond donors (Lipinski definition) is 1. The van der Waals surface area contributed by atoms with Gasteiger partial charge in [0.25, 0.3) is 11.7 Å². The maximum atomic E-state index is 13.2. The zero-order chi connectivity index (χ0) is 24.7. The number of benzene rings is 2. The van der Waals surface area contributed by atoms with Crippen LogP contribution in [-0.4, -0.2) is 59.4 Å². The highest BCUT2D eigenvalue weighted by Crippen LogP contribution is 2.40. The lowest BCUT2D eigenvalue weighted by Gasteiger charge is -2.27. The fraction of sp³-hybridized carbons (Fsp3) is 0.357. The summed E-state index contributed by atoms with van der Waals surface area (Å²) in [5, 5.41) is 11.2. The van der Waals surface area contributed by atoms with Crippen LogP contribution in [0, 0.1) is 6.92 Å². The Morgan fingerprint density at radius 2 is 1.85 bits per heavy atom. The van der Waals surface area contributed by atoms with Gasteiger partial charge in [0.15, 0.2) is 0 Å². The number of hydrogen-bond acceptors (Lipinski definition) is 5. The van der Waals surface area contributed by atoms with E-state index >= 15 is 0 Å². The molecule has 1 N–H and O–H groups in total. The minimum absolute atomic E-state index is 0.109. The van der Waals surface area contributed by atoms with Gasteiger partial charge in [0.2, 0.25) is 0 Å². The van der Waals surface area contributed by atoms with Gasteiger partial charge in [-0.25, -0.2) is 0 Å². The predicted octanol–water partition coefficient (Wildman–Crippen LogP) is 4.71. The summed E-state index contributed by atoms with van der Waals surface area (Å²) in [6, 6.07) is 13.9. The van der Waals surface area contributed by atoms with E-state index in [-0.39, 0.29) is 11.3 Å². The molecule has 0 unspecified atom stereocenters. The molecule has 1 aliphatic rings. The van der Waals surface area contributed by atoms with Gasteiger partial charge in [-0.1, -0.05) is 68.5 Å². The quantitative estimate of drug-likeness (QED) is 0.227.